The van der Waals surface area contributed by atoms with Gasteiger partial charge in [0.1, 0.15) is 0 Å². The molecular weight excluding hydrogens is 172 g/mol. The van der Waals surface area contributed by atoms with Crippen LogP contribution in [-0.4, -0.2) is 37.1 Å². The highest BCUT2D eigenvalue weighted by Gasteiger charge is 2.06. The van der Waals surface area contributed by atoms with Gasteiger partial charge in [0.2, 0.25) is 11.8 Å². The SMILES string of the molecule is CCN(NC(C)=O)NC(=O)CNC. The zero-order valence-corrected chi connectivity index (χ0v) is 8.18. The summed E-state index contributed by atoms with van der Waals surface area (Å²) < 4.78 is 0. The molecule has 0 radical (unpaired) electrons. The van der Waals surface area contributed by atoms with Gasteiger partial charge >= 0.3 is 0 Å². The van der Waals surface area contributed by atoms with Crippen molar-refractivity contribution in [3.05, 3.63) is 0 Å². The number of rotatable bonds is 5. The van der Waals surface area contributed by atoms with Gasteiger partial charge in [-0.25, -0.2) is 0 Å². The van der Waals surface area contributed by atoms with Crippen molar-refractivity contribution < 1.29 is 9.59 Å². The molecule has 13 heavy (non-hydrogen) atoms. The van der Waals surface area contributed by atoms with Gasteiger partial charge in [-0.1, -0.05) is 0 Å². The zero-order chi connectivity index (χ0) is 10.3. The maximum Gasteiger partial charge on any atom is 0.249 e. The molecule has 0 fully saturated rings. The van der Waals surface area contributed by atoms with Crippen molar-refractivity contribution in [3.8, 4) is 0 Å². The summed E-state index contributed by atoms with van der Waals surface area (Å²) in [5.41, 5.74) is 4.95. The van der Waals surface area contributed by atoms with Crippen molar-refractivity contribution in [2.45, 2.75) is 13.8 Å². The van der Waals surface area contributed by atoms with Crippen LogP contribution in [0, 0.1) is 0 Å². The Morgan fingerprint density at radius 3 is 2.31 bits per heavy atom. The minimum Gasteiger partial charge on any atom is -0.311 e. The molecule has 0 heterocycles. The average Bonchev–Trinajstić information content (AvgIpc) is 2.02. The third kappa shape index (κ3) is 6.06. The maximum atomic E-state index is 11.0. The van der Waals surface area contributed by atoms with Crippen molar-refractivity contribution in [1.29, 1.82) is 0 Å². The lowest BCUT2D eigenvalue weighted by atomic mass is 10.6. The molecule has 0 atom stereocenters. The summed E-state index contributed by atoms with van der Waals surface area (Å²) in [5.74, 6) is -0.412. The van der Waals surface area contributed by atoms with E-state index in [2.05, 4.69) is 16.2 Å². The quantitative estimate of drug-likeness (QED) is 0.464. The molecule has 0 aromatic carbocycles. The topological polar surface area (TPSA) is 73.5 Å². The molecule has 2 amide bonds. The van der Waals surface area contributed by atoms with E-state index in [-0.39, 0.29) is 18.4 Å². The molecule has 6 nitrogen and oxygen atoms in total. The van der Waals surface area contributed by atoms with Crippen LogP contribution in [0.1, 0.15) is 13.8 Å². The van der Waals surface area contributed by atoms with Crippen LogP contribution in [0.5, 0.6) is 0 Å². The normalized spacial score (nSPS) is 9.85. The first-order valence-electron chi connectivity index (χ1n) is 4.09. The second-order valence-electron chi connectivity index (χ2n) is 2.48. The van der Waals surface area contributed by atoms with Crippen LogP contribution < -0.4 is 16.2 Å². The third-order valence-electron chi connectivity index (χ3n) is 1.21. The fourth-order valence-corrected chi connectivity index (χ4v) is 0.727. The van der Waals surface area contributed by atoms with Crippen LogP contribution in [0.3, 0.4) is 0 Å². The second-order valence-corrected chi connectivity index (χ2v) is 2.48. The molecule has 3 N–H and O–H groups in total. The van der Waals surface area contributed by atoms with Crippen LogP contribution in [0.4, 0.5) is 0 Å². The first-order valence-corrected chi connectivity index (χ1v) is 4.09. The Morgan fingerprint density at radius 2 is 1.92 bits per heavy atom. The van der Waals surface area contributed by atoms with Gasteiger partial charge in [-0.2, -0.15) is 0 Å². The lowest BCUT2D eigenvalue weighted by molar-refractivity contribution is -0.131. The molecule has 0 aromatic rings. The largest absolute Gasteiger partial charge is 0.311 e. The van der Waals surface area contributed by atoms with Crippen LogP contribution in [0.25, 0.3) is 0 Å². The van der Waals surface area contributed by atoms with E-state index in [0.29, 0.717) is 6.54 Å². The minimum atomic E-state index is -0.216. The van der Waals surface area contributed by atoms with E-state index in [1.54, 1.807) is 7.05 Å². The highest BCUT2D eigenvalue weighted by Crippen LogP contribution is 1.75. The van der Waals surface area contributed by atoms with Gasteiger partial charge in [-0.3, -0.25) is 20.4 Å². The molecule has 0 saturated heterocycles. The van der Waals surface area contributed by atoms with Gasteiger partial charge < -0.3 is 5.32 Å². The molecule has 0 aliphatic rings. The van der Waals surface area contributed by atoms with Gasteiger partial charge in [0.15, 0.2) is 0 Å². The van der Waals surface area contributed by atoms with Crippen LogP contribution in [0.2, 0.25) is 0 Å². The molecule has 0 aliphatic carbocycles. The fraction of sp³-hybridized carbons (Fsp3) is 0.714. The first-order chi connectivity index (χ1) is 6.10. The standard InChI is InChI=1S/C7H16N4O2/c1-4-11(9-6(2)12)10-7(13)5-8-3/h8H,4-5H2,1-3H3,(H,9,12)(H,10,13). The van der Waals surface area contributed by atoms with E-state index in [4.69, 9.17) is 0 Å². The molecule has 6 heteroatoms. The molecule has 76 valence electrons. The number of amides is 2. The lowest BCUT2D eigenvalue weighted by Crippen LogP contribution is -2.53. The Morgan fingerprint density at radius 1 is 1.31 bits per heavy atom. The van der Waals surface area contributed by atoms with Gasteiger partial charge in [0.25, 0.3) is 0 Å². The Labute approximate surface area is 77.6 Å². The molecule has 0 bridgehead atoms. The summed E-state index contributed by atoms with van der Waals surface area (Å²) >= 11 is 0. The second kappa shape index (κ2) is 6.38. The summed E-state index contributed by atoms with van der Waals surface area (Å²) in [6.07, 6.45) is 0. The van der Waals surface area contributed by atoms with E-state index in [1.807, 2.05) is 6.92 Å². The monoisotopic (exact) mass is 188 g/mol. The van der Waals surface area contributed by atoms with Crippen molar-refractivity contribution in [1.82, 2.24) is 21.3 Å². The van der Waals surface area contributed by atoms with Gasteiger partial charge in [0, 0.05) is 13.5 Å². The van der Waals surface area contributed by atoms with E-state index >= 15 is 0 Å². The fourth-order valence-electron chi connectivity index (χ4n) is 0.727. The number of nitrogens with zero attached hydrogens (tertiary/aromatic N) is 1. The van der Waals surface area contributed by atoms with Gasteiger partial charge in [-0.15, -0.1) is 5.12 Å². The summed E-state index contributed by atoms with van der Waals surface area (Å²) in [5, 5.41) is 4.03. The lowest BCUT2D eigenvalue weighted by Gasteiger charge is -2.20. The molecule has 0 spiro atoms. The van der Waals surface area contributed by atoms with Crippen LogP contribution >= 0.6 is 0 Å². The van der Waals surface area contributed by atoms with E-state index < -0.39 is 0 Å². The Kier molecular flexibility index (Phi) is 5.82. The number of carbonyl (C=O) groups is 2. The first kappa shape index (κ1) is 11.9. The molecule has 0 aromatic heterocycles. The predicted molar refractivity (Wildman–Crippen MR) is 48.3 cm³/mol. The van der Waals surface area contributed by atoms with Crippen molar-refractivity contribution in [2.24, 2.45) is 0 Å². The smallest absolute Gasteiger partial charge is 0.249 e. The summed E-state index contributed by atoms with van der Waals surface area (Å²) in [6.45, 7) is 3.92. The van der Waals surface area contributed by atoms with Gasteiger partial charge in [0.05, 0.1) is 6.54 Å². The number of carbonyl (C=O) groups excluding carboxylic acids is 2. The molecule has 0 unspecified atom stereocenters. The third-order valence-corrected chi connectivity index (χ3v) is 1.21. The number of hydrazine groups is 2. The summed E-state index contributed by atoms with van der Waals surface area (Å²) in [6, 6.07) is 0. The van der Waals surface area contributed by atoms with Crippen molar-refractivity contribution in [3.63, 3.8) is 0 Å². The van der Waals surface area contributed by atoms with Crippen LogP contribution in [-0.2, 0) is 9.59 Å². The molecule has 0 saturated carbocycles. The predicted octanol–water partition coefficient (Wildman–Crippen LogP) is -1.39. The van der Waals surface area contributed by atoms with Crippen molar-refractivity contribution >= 4 is 11.8 Å². The number of hydrogen-bond acceptors (Lipinski definition) is 4. The Balaban J connectivity index is 3.83. The Bertz CT molecular complexity index is 183. The summed E-state index contributed by atoms with van der Waals surface area (Å²) in [4.78, 5) is 21.7. The highest BCUT2D eigenvalue weighted by atomic mass is 16.2. The summed E-state index contributed by atoms with van der Waals surface area (Å²) in [7, 11) is 1.67. The molecule has 0 rings (SSSR count). The van der Waals surface area contributed by atoms with E-state index in [1.165, 1.54) is 12.0 Å². The average molecular weight is 188 g/mol. The zero-order valence-electron chi connectivity index (χ0n) is 8.18. The van der Waals surface area contributed by atoms with Gasteiger partial charge in [-0.05, 0) is 14.0 Å². The highest BCUT2D eigenvalue weighted by molar-refractivity contribution is 5.78. The molecule has 0 aliphatic heterocycles. The number of nitrogens with one attached hydrogen (secondary N) is 3. The maximum absolute atomic E-state index is 11.0. The van der Waals surface area contributed by atoms with Crippen LogP contribution in [0.15, 0.2) is 0 Å². The number of likely N-dealkylation sites (N-methyl/N-ethyl adjacent to an activating group) is 1. The van der Waals surface area contributed by atoms with E-state index in [9.17, 15) is 9.59 Å². The number of hydrogen-bond donors (Lipinski definition) is 3. The minimum absolute atomic E-state index is 0.196. The molecular formula is C7H16N4O2. The Hall–Kier alpha value is -1.14. The van der Waals surface area contributed by atoms with E-state index in [0.717, 1.165) is 0 Å². The van der Waals surface area contributed by atoms with Crippen molar-refractivity contribution in [2.75, 3.05) is 20.1 Å².